The van der Waals surface area contributed by atoms with Crippen LogP contribution in [-0.2, 0) is 0 Å². The first-order valence-corrected chi connectivity index (χ1v) is 4.21. The Morgan fingerprint density at radius 1 is 1.33 bits per heavy atom. The van der Waals surface area contributed by atoms with Crippen LogP contribution in [-0.4, -0.2) is 11.2 Å². The summed E-state index contributed by atoms with van der Waals surface area (Å²) in [6, 6.07) is -1.02. The fourth-order valence-corrected chi connectivity index (χ4v) is 1.31. The van der Waals surface area contributed by atoms with Gasteiger partial charge in [-0.25, -0.2) is 0 Å². The summed E-state index contributed by atoms with van der Waals surface area (Å²) in [5, 5.41) is -0.0320. The molecule has 0 unspecified atom stereocenters. The Bertz CT molecular complexity index is 343. The van der Waals surface area contributed by atoms with Gasteiger partial charge in [0.15, 0.2) is 0 Å². The molecule has 0 aliphatic heterocycles. The second-order valence-corrected chi connectivity index (χ2v) is 3.38. The van der Waals surface area contributed by atoms with E-state index < -0.39 is 17.9 Å². The van der Waals surface area contributed by atoms with Crippen LogP contribution in [0, 0.1) is 0 Å². The van der Waals surface area contributed by atoms with E-state index in [-0.39, 0.29) is 22.5 Å². The van der Waals surface area contributed by atoms with Gasteiger partial charge in [-0.2, -0.15) is 13.2 Å². The van der Waals surface area contributed by atoms with Gasteiger partial charge in [-0.1, -0.05) is 23.2 Å². The van der Waals surface area contributed by atoms with Gasteiger partial charge in [0.2, 0.25) is 0 Å². The van der Waals surface area contributed by atoms with Gasteiger partial charge in [-0.15, -0.1) is 12.4 Å². The van der Waals surface area contributed by atoms with Crippen molar-refractivity contribution < 1.29 is 13.2 Å². The lowest BCUT2D eigenvalue weighted by molar-refractivity contribution is -0.149. The second-order valence-electron chi connectivity index (χ2n) is 2.54. The Balaban J connectivity index is 0.00000196. The smallest absolute Gasteiger partial charge is 0.315 e. The van der Waals surface area contributed by atoms with Gasteiger partial charge >= 0.3 is 6.18 Å². The van der Waals surface area contributed by atoms with Crippen LogP contribution in [0.3, 0.4) is 0 Å². The second kappa shape index (κ2) is 5.21. The monoisotopic (exact) mass is 280 g/mol. The van der Waals surface area contributed by atoms with Crippen LogP contribution < -0.4 is 5.73 Å². The van der Waals surface area contributed by atoms with Crippen molar-refractivity contribution in [3.8, 4) is 0 Å². The highest BCUT2D eigenvalue weighted by Gasteiger charge is 2.39. The van der Waals surface area contributed by atoms with E-state index in [1.165, 1.54) is 0 Å². The zero-order valence-electron chi connectivity index (χ0n) is 7.05. The minimum atomic E-state index is -4.57. The molecule has 0 aromatic carbocycles. The van der Waals surface area contributed by atoms with Gasteiger partial charge in [0.25, 0.3) is 0 Å². The number of halogens is 6. The van der Waals surface area contributed by atoms with Crippen LogP contribution in [0.5, 0.6) is 0 Å². The minimum absolute atomic E-state index is 0. The van der Waals surface area contributed by atoms with Gasteiger partial charge in [0, 0.05) is 6.20 Å². The lowest BCUT2D eigenvalue weighted by Crippen LogP contribution is -2.29. The van der Waals surface area contributed by atoms with E-state index in [1.54, 1.807) is 0 Å². The Labute approximate surface area is 100.0 Å². The number of aromatic nitrogens is 1. The van der Waals surface area contributed by atoms with E-state index in [9.17, 15) is 13.2 Å². The summed E-state index contributed by atoms with van der Waals surface area (Å²) in [5.41, 5.74) is 4.48. The van der Waals surface area contributed by atoms with Crippen molar-refractivity contribution in [3.05, 3.63) is 28.0 Å². The number of nitrogens with two attached hydrogens (primary N) is 1. The quantitative estimate of drug-likeness (QED) is 0.857. The van der Waals surface area contributed by atoms with Gasteiger partial charge < -0.3 is 5.73 Å². The highest BCUT2D eigenvalue weighted by molar-refractivity contribution is 6.34. The highest BCUT2D eigenvalue weighted by atomic mass is 35.5. The fourth-order valence-electron chi connectivity index (χ4n) is 0.809. The molecule has 0 saturated carbocycles. The number of nitrogens with zero attached hydrogens (tertiary/aromatic N) is 1. The predicted molar refractivity (Wildman–Crippen MR) is 54.5 cm³/mol. The molecule has 15 heavy (non-hydrogen) atoms. The summed E-state index contributed by atoms with van der Waals surface area (Å²) in [6.07, 6.45) is -3.50. The van der Waals surface area contributed by atoms with Crippen molar-refractivity contribution in [2.45, 2.75) is 12.2 Å². The lowest BCUT2D eigenvalue weighted by Gasteiger charge is -2.15. The lowest BCUT2D eigenvalue weighted by atomic mass is 10.2. The molecule has 1 heterocycles. The van der Waals surface area contributed by atoms with Crippen molar-refractivity contribution in [1.82, 2.24) is 4.98 Å². The van der Waals surface area contributed by atoms with Crippen molar-refractivity contribution >= 4 is 35.6 Å². The Morgan fingerprint density at radius 3 is 2.27 bits per heavy atom. The van der Waals surface area contributed by atoms with Crippen LogP contribution in [0.2, 0.25) is 10.0 Å². The van der Waals surface area contributed by atoms with Crippen LogP contribution in [0.1, 0.15) is 11.7 Å². The maximum absolute atomic E-state index is 12.2. The average molecular weight is 281 g/mol. The molecule has 0 amide bonds. The topological polar surface area (TPSA) is 38.9 Å². The summed E-state index contributed by atoms with van der Waals surface area (Å²) >= 11 is 11.0. The highest BCUT2D eigenvalue weighted by Crippen LogP contribution is 2.33. The molecule has 1 aromatic heterocycles. The van der Waals surface area contributed by atoms with Crippen molar-refractivity contribution in [2.75, 3.05) is 0 Å². The zero-order chi connectivity index (χ0) is 10.9. The van der Waals surface area contributed by atoms with E-state index in [1.807, 2.05) is 0 Å². The zero-order valence-corrected chi connectivity index (χ0v) is 9.38. The molecule has 0 radical (unpaired) electrons. The van der Waals surface area contributed by atoms with E-state index in [0.717, 1.165) is 12.3 Å². The Kier molecular flexibility index (Phi) is 5.13. The first-order valence-electron chi connectivity index (χ1n) is 3.45. The Morgan fingerprint density at radius 2 is 1.87 bits per heavy atom. The molecular weight excluding hydrogens is 275 g/mol. The third kappa shape index (κ3) is 3.68. The summed E-state index contributed by atoms with van der Waals surface area (Å²) in [5.74, 6) is 0. The van der Waals surface area contributed by atoms with Crippen molar-refractivity contribution in [1.29, 1.82) is 0 Å². The molecule has 0 spiro atoms. The van der Waals surface area contributed by atoms with Crippen LogP contribution in [0.15, 0.2) is 12.3 Å². The summed E-state index contributed by atoms with van der Waals surface area (Å²) < 4.78 is 36.5. The van der Waals surface area contributed by atoms with Crippen molar-refractivity contribution in [3.63, 3.8) is 0 Å². The molecule has 0 fully saturated rings. The molecule has 8 heteroatoms. The van der Waals surface area contributed by atoms with Crippen LogP contribution in [0.25, 0.3) is 0 Å². The van der Waals surface area contributed by atoms with E-state index >= 15 is 0 Å². The molecule has 86 valence electrons. The van der Waals surface area contributed by atoms with Gasteiger partial charge in [-0.3, -0.25) is 4.98 Å². The molecule has 0 aliphatic rings. The minimum Gasteiger partial charge on any atom is -0.315 e. The van der Waals surface area contributed by atoms with E-state index in [4.69, 9.17) is 28.9 Å². The summed E-state index contributed by atoms with van der Waals surface area (Å²) in [7, 11) is 0. The normalized spacial score (nSPS) is 13.2. The average Bonchev–Trinajstić information content (AvgIpc) is 2.01. The summed E-state index contributed by atoms with van der Waals surface area (Å²) in [6.45, 7) is 0. The SMILES string of the molecule is Cl.N[C@H](c1ncc(Cl)cc1Cl)C(F)(F)F. The van der Waals surface area contributed by atoms with E-state index in [2.05, 4.69) is 4.98 Å². The maximum atomic E-state index is 12.2. The van der Waals surface area contributed by atoms with Gasteiger partial charge in [-0.05, 0) is 6.07 Å². The number of hydrogen-bond acceptors (Lipinski definition) is 2. The Hall–Kier alpha value is -0.230. The molecular formula is C7H6Cl3F3N2. The number of hydrogen-bond donors (Lipinski definition) is 1. The fraction of sp³-hybridized carbons (Fsp3) is 0.286. The first-order chi connectivity index (χ1) is 6.32. The molecule has 1 aromatic rings. The third-order valence-electron chi connectivity index (χ3n) is 1.48. The van der Waals surface area contributed by atoms with Gasteiger partial charge in [0.1, 0.15) is 6.04 Å². The molecule has 2 nitrogen and oxygen atoms in total. The molecule has 1 rings (SSSR count). The number of alkyl halides is 3. The summed E-state index contributed by atoms with van der Waals surface area (Å²) in [4.78, 5) is 3.44. The molecule has 1 atom stereocenters. The molecule has 0 saturated heterocycles. The van der Waals surface area contributed by atoms with Crippen LogP contribution in [0.4, 0.5) is 13.2 Å². The largest absolute Gasteiger partial charge is 0.409 e. The van der Waals surface area contributed by atoms with Crippen molar-refractivity contribution in [2.24, 2.45) is 5.73 Å². The molecule has 0 bridgehead atoms. The first kappa shape index (κ1) is 14.8. The molecule has 2 N–H and O–H groups in total. The molecule has 0 aliphatic carbocycles. The van der Waals surface area contributed by atoms with E-state index in [0.29, 0.717) is 0 Å². The maximum Gasteiger partial charge on any atom is 0.409 e. The third-order valence-corrected chi connectivity index (χ3v) is 1.99. The number of rotatable bonds is 1. The van der Waals surface area contributed by atoms with Crippen LogP contribution >= 0.6 is 35.6 Å². The standard InChI is InChI=1S/C7H5Cl2F3N2.ClH/c8-3-1-4(9)5(14-2-3)6(13)7(10,11)12;/h1-2,6H,13H2;1H/t6-;/m1./s1. The number of pyridine rings is 1. The van der Waals surface area contributed by atoms with Gasteiger partial charge in [0.05, 0.1) is 15.7 Å². The predicted octanol–water partition coefficient (Wildman–Crippen LogP) is 3.37.